The van der Waals surface area contributed by atoms with Gasteiger partial charge < -0.3 is 16.6 Å². The lowest BCUT2D eigenvalue weighted by molar-refractivity contribution is -0.122. The van der Waals surface area contributed by atoms with Gasteiger partial charge in [0.1, 0.15) is 11.3 Å². The van der Waals surface area contributed by atoms with Crippen molar-refractivity contribution in [3.8, 4) is 5.75 Å². The number of hydrogen-bond donors (Lipinski definition) is 4. The number of nitrogens with two attached hydrogens (primary N) is 2. The Labute approximate surface area is 105 Å². The molecular formula is C10H15N3O4S. The van der Waals surface area contributed by atoms with Crippen LogP contribution in [0.2, 0.25) is 0 Å². The number of nitrogen functional groups attached to an aromatic ring is 1. The van der Waals surface area contributed by atoms with E-state index in [4.69, 9.17) is 11.5 Å². The molecule has 0 atom stereocenters. The average molecular weight is 273 g/mol. The zero-order chi connectivity index (χ0) is 14.1. The van der Waals surface area contributed by atoms with E-state index in [1.165, 1.54) is 19.9 Å². The molecule has 0 aliphatic heterocycles. The lowest BCUT2D eigenvalue weighted by Gasteiger charge is -2.22. The number of amides is 1. The minimum atomic E-state index is -3.94. The van der Waals surface area contributed by atoms with Gasteiger partial charge in [-0.1, -0.05) is 0 Å². The first kappa shape index (κ1) is 14.3. The Hall–Kier alpha value is -1.80. The van der Waals surface area contributed by atoms with Crippen LogP contribution in [0.5, 0.6) is 5.75 Å². The fourth-order valence-electron chi connectivity index (χ4n) is 1.14. The van der Waals surface area contributed by atoms with Gasteiger partial charge in [0.15, 0.2) is 0 Å². The fraction of sp³-hybridized carbons (Fsp3) is 0.300. The van der Waals surface area contributed by atoms with E-state index in [9.17, 15) is 18.3 Å². The summed E-state index contributed by atoms with van der Waals surface area (Å²) in [4.78, 5) is 10.9. The number of nitrogens with one attached hydrogen (secondary N) is 1. The number of phenols is 1. The molecule has 0 spiro atoms. The molecule has 0 saturated heterocycles. The van der Waals surface area contributed by atoms with Crippen LogP contribution < -0.4 is 16.2 Å². The predicted molar refractivity (Wildman–Crippen MR) is 66.1 cm³/mol. The molecule has 18 heavy (non-hydrogen) atoms. The second-order valence-corrected chi connectivity index (χ2v) is 6.00. The minimum absolute atomic E-state index is 0.0743. The highest BCUT2D eigenvalue weighted by Crippen LogP contribution is 2.23. The second-order valence-electron chi connectivity index (χ2n) is 4.32. The summed E-state index contributed by atoms with van der Waals surface area (Å²) in [6.45, 7) is 2.69. The first-order chi connectivity index (χ1) is 8.06. The topological polar surface area (TPSA) is 136 Å². The Bertz CT molecular complexity index is 581. The third-order valence-corrected chi connectivity index (χ3v) is 3.97. The molecule has 100 valence electrons. The van der Waals surface area contributed by atoms with Crippen LogP contribution in [0.3, 0.4) is 0 Å². The lowest BCUT2D eigenvalue weighted by Crippen LogP contribution is -2.52. The summed E-state index contributed by atoms with van der Waals surface area (Å²) in [6.07, 6.45) is 0. The molecule has 1 amide bonds. The van der Waals surface area contributed by atoms with Crippen molar-refractivity contribution in [2.75, 3.05) is 5.73 Å². The normalized spacial score (nSPS) is 12.3. The highest BCUT2D eigenvalue weighted by molar-refractivity contribution is 7.89. The van der Waals surface area contributed by atoms with Crippen molar-refractivity contribution in [1.82, 2.24) is 4.72 Å². The second kappa shape index (κ2) is 4.46. The number of carbonyl (C=O) groups excluding carboxylic acids is 1. The number of aromatic hydroxyl groups is 1. The van der Waals surface area contributed by atoms with Crippen LogP contribution in [0.1, 0.15) is 13.8 Å². The third kappa shape index (κ3) is 2.90. The number of primary amides is 1. The van der Waals surface area contributed by atoms with Crippen molar-refractivity contribution >= 4 is 21.6 Å². The standard InChI is InChI=1S/C10H15N3O4S/c1-10(2,9(12)15)13-18(16,17)6-3-4-8(14)7(11)5-6/h3-5,13-14H,11H2,1-2H3,(H2,12,15). The quantitative estimate of drug-likeness (QED) is 0.434. The third-order valence-electron chi connectivity index (χ3n) is 2.31. The molecule has 8 heteroatoms. The van der Waals surface area contributed by atoms with E-state index < -0.39 is 21.5 Å². The Morgan fingerprint density at radius 2 is 1.94 bits per heavy atom. The number of phenolic OH excluding ortho intramolecular Hbond substituents is 1. The number of carbonyl (C=O) groups is 1. The molecule has 0 radical (unpaired) electrons. The van der Waals surface area contributed by atoms with Crippen molar-refractivity contribution in [3.05, 3.63) is 18.2 Å². The Balaban J connectivity index is 3.15. The zero-order valence-electron chi connectivity index (χ0n) is 9.97. The molecule has 0 fully saturated rings. The largest absolute Gasteiger partial charge is 0.506 e. The van der Waals surface area contributed by atoms with Crippen LogP contribution >= 0.6 is 0 Å². The van der Waals surface area contributed by atoms with Crippen molar-refractivity contribution in [1.29, 1.82) is 0 Å². The van der Waals surface area contributed by atoms with Gasteiger partial charge in [-0.2, -0.15) is 4.72 Å². The molecular weight excluding hydrogens is 258 g/mol. The van der Waals surface area contributed by atoms with Gasteiger partial charge in [0.05, 0.1) is 10.6 Å². The highest BCUT2D eigenvalue weighted by atomic mass is 32.2. The van der Waals surface area contributed by atoms with Crippen LogP contribution in [0.15, 0.2) is 23.1 Å². The summed E-state index contributed by atoms with van der Waals surface area (Å²) in [5, 5.41) is 9.22. The summed E-state index contributed by atoms with van der Waals surface area (Å²) in [5.41, 5.74) is 8.99. The summed E-state index contributed by atoms with van der Waals surface area (Å²) in [5.74, 6) is -1.03. The van der Waals surface area contributed by atoms with E-state index in [2.05, 4.69) is 4.72 Å². The highest BCUT2D eigenvalue weighted by Gasteiger charge is 2.31. The number of rotatable bonds is 4. The van der Waals surface area contributed by atoms with Gasteiger partial charge in [0.2, 0.25) is 15.9 Å². The Morgan fingerprint density at radius 3 is 2.39 bits per heavy atom. The van der Waals surface area contributed by atoms with Gasteiger partial charge in [-0.3, -0.25) is 4.79 Å². The van der Waals surface area contributed by atoms with Gasteiger partial charge in [-0.05, 0) is 32.0 Å². The number of benzene rings is 1. The first-order valence-corrected chi connectivity index (χ1v) is 6.47. The summed E-state index contributed by atoms with van der Waals surface area (Å²) < 4.78 is 26.1. The van der Waals surface area contributed by atoms with E-state index in [1.807, 2.05) is 0 Å². The van der Waals surface area contributed by atoms with E-state index >= 15 is 0 Å². The maximum atomic E-state index is 12.0. The van der Waals surface area contributed by atoms with Crippen LogP contribution in [0.4, 0.5) is 5.69 Å². The number of anilines is 1. The predicted octanol–water partition coefficient (Wildman–Crippen LogP) is -0.483. The average Bonchev–Trinajstić information content (AvgIpc) is 2.20. The summed E-state index contributed by atoms with van der Waals surface area (Å²) >= 11 is 0. The molecule has 0 aliphatic carbocycles. The van der Waals surface area contributed by atoms with E-state index in [-0.39, 0.29) is 16.3 Å². The van der Waals surface area contributed by atoms with E-state index in [1.54, 1.807) is 0 Å². The van der Waals surface area contributed by atoms with Crippen molar-refractivity contribution in [2.24, 2.45) is 5.73 Å². The van der Waals surface area contributed by atoms with Gasteiger partial charge in [0.25, 0.3) is 0 Å². The minimum Gasteiger partial charge on any atom is -0.506 e. The number of hydrogen-bond acceptors (Lipinski definition) is 5. The van der Waals surface area contributed by atoms with Crippen molar-refractivity contribution in [2.45, 2.75) is 24.3 Å². The van der Waals surface area contributed by atoms with Gasteiger partial charge >= 0.3 is 0 Å². The maximum Gasteiger partial charge on any atom is 0.241 e. The molecule has 0 bridgehead atoms. The van der Waals surface area contributed by atoms with Crippen LogP contribution in [-0.4, -0.2) is 25.0 Å². The molecule has 0 unspecified atom stereocenters. The SMILES string of the molecule is CC(C)(NS(=O)(=O)c1ccc(O)c(N)c1)C(N)=O. The van der Waals surface area contributed by atoms with Gasteiger partial charge in [0, 0.05) is 0 Å². The molecule has 1 aromatic rings. The Kier molecular flexibility index (Phi) is 3.54. The molecule has 0 heterocycles. The van der Waals surface area contributed by atoms with E-state index in [0.29, 0.717) is 0 Å². The van der Waals surface area contributed by atoms with Crippen LogP contribution in [0, 0.1) is 0 Å². The first-order valence-electron chi connectivity index (χ1n) is 4.98. The maximum absolute atomic E-state index is 12.0. The summed E-state index contributed by atoms with van der Waals surface area (Å²) in [6, 6.07) is 3.42. The number of sulfonamides is 1. The van der Waals surface area contributed by atoms with E-state index in [0.717, 1.165) is 12.1 Å². The molecule has 6 N–H and O–H groups in total. The molecule has 1 aromatic carbocycles. The zero-order valence-corrected chi connectivity index (χ0v) is 10.8. The lowest BCUT2D eigenvalue weighted by atomic mass is 10.1. The smallest absolute Gasteiger partial charge is 0.241 e. The van der Waals surface area contributed by atoms with Crippen molar-refractivity contribution < 1.29 is 18.3 Å². The van der Waals surface area contributed by atoms with Gasteiger partial charge in [-0.15, -0.1) is 0 Å². The monoisotopic (exact) mass is 273 g/mol. The molecule has 7 nitrogen and oxygen atoms in total. The summed E-state index contributed by atoms with van der Waals surface area (Å²) in [7, 11) is -3.94. The van der Waals surface area contributed by atoms with Gasteiger partial charge in [-0.25, -0.2) is 8.42 Å². The van der Waals surface area contributed by atoms with Crippen molar-refractivity contribution in [3.63, 3.8) is 0 Å². The van der Waals surface area contributed by atoms with Crippen LogP contribution in [0.25, 0.3) is 0 Å². The van der Waals surface area contributed by atoms with Crippen LogP contribution in [-0.2, 0) is 14.8 Å². The fourth-order valence-corrected chi connectivity index (χ4v) is 2.56. The molecule has 0 saturated carbocycles. The molecule has 0 aliphatic rings. The molecule has 0 aromatic heterocycles. The molecule has 1 rings (SSSR count). The Morgan fingerprint density at radius 1 is 1.39 bits per heavy atom.